The van der Waals surface area contributed by atoms with E-state index in [1.807, 2.05) is 16.6 Å². The maximum absolute atomic E-state index is 13.3. The number of aryl methyl sites for hydroxylation is 3. The van der Waals surface area contributed by atoms with E-state index in [0.717, 1.165) is 50.3 Å². The van der Waals surface area contributed by atoms with Crippen molar-refractivity contribution in [2.24, 2.45) is 7.05 Å². The highest BCUT2D eigenvalue weighted by molar-refractivity contribution is 7.10. The van der Waals surface area contributed by atoms with Crippen molar-refractivity contribution < 1.29 is 4.79 Å². The van der Waals surface area contributed by atoms with E-state index in [4.69, 9.17) is 0 Å². The Morgan fingerprint density at radius 1 is 1.07 bits per heavy atom. The van der Waals surface area contributed by atoms with Gasteiger partial charge in [0.1, 0.15) is 0 Å². The number of carbonyl (C=O) groups is 1. The fourth-order valence-corrected chi connectivity index (χ4v) is 5.56. The van der Waals surface area contributed by atoms with Gasteiger partial charge in [-0.05, 0) is 55.3 Å². The lowest BCUT2D eigenvalue weighted by Gasteiger charge is -2.37. The van der Waals surface area contributed by atoms with Gasteiger partial charge in [0, 0.05) is 54.9 Å². The zero-order chi connectivity index (χ0) is 20.1. The van der Waals surface area contributed by atoms with E-state index < -0.39 is 0 Å². The number of fused-ring (bicyclic) bond motifs is 3. The normalized spacial score (nSPS) is 16.0. The molecule has 0 saturated carbocycles. The van der Waals surface area contributed by atoms with E-state index in [2.05, 4.69) is 53.5 Å². The molecule has 0 bridgehead atoms. The third-order valence-electron chi connectivity index (χ3n) is 6.43. The minimum Gasteiger partial charge on any atom is -0.368 e. The minimum atomic E-state index is 0.0844. The van der Waals surface area contributed by atoms with Crippen molar-refractivity contribution >= 4 is 22.9 Å². The van der Waals surface area contributed by atoms with E-state index >= 15 is 0 Å². The molecule has 1 saturated heterocycles. The molecule has 2 aromatic heterocycles. The second kappa shape index (κ2) is 7.02. The third-order valence-corrected chi connectivity index (χ3v) is 7.41. The van der Waals surface area contributed by atoms with Gasteiger partial charge in [-0.15, -0.1) is 11.3 Å². The SMILES string of the molecule is Cc1cccc(N2CCN(C(=O)c3nn(C)c4c3CCc3sccc3-4)CC2)c1C. The first-order chi connectivity index (χ1) is 14.0. The molecule has 1 aliphatic heterocycles. The van der Waals surface area contributed by atoms with Crippen LogP contribution in [0.15, 0.2) is 29.6 Å². The topological polar surface area (TPSA) is 41.4 Å². The summed E-state index contributed by atoms with van der Waals surface area (Å²) in [6, 6.07) is 8.63. The van der Waals surface area contributed by atoms with Gasteiger partial charge in [0.15, 0.2) is 5.69 Å². The number of aromatic nitrogens is 2. The van der Waals surface area contributed by atoms with Gasteiger partial charge in [0.25, 0.3) is 5.91 Å². The molecule has 0 N–H and O–H groups in total. The van der Waals surface area contributed by atoms with Crippen LogP contribution >= 0.6 is 11.3 Å². The molecule has 2 aliphatic rings. The molecule has 29 heavy (non-hydrogen) atoms. The number of benzene rings is 1. The summed E-state index contributed by atoms with van der Waals surface area (Å²) in [5.41, 5.74) is 8.10. The molecule has 3 heterocycles. The average Bonchev–Trinajstić information content (AvgIpc) is 3.34. The summed E-state index contributed by atoms with van der Waals surface area (Å²) in [6.45, 7) is 7.53. The highest BCUT2D eigenvalue weighted by Crippen LogP contribution is 2.38. The Morgan fingerprint density at radius 2 is 1.86 bits per heavy atom. The molecule has 6 heteroatoms. The first-order valence-corrected chi connectivity index (χ1v) is 11.2. The summed E-state index contributed by atoms with van der Waals surface area (Å²) in [5.74, 6) is 0.0844. The quantitative estimate of drug-likeness (QED) is 0.650. The van der Waals surface area contributed by atoms with Gasteiger partial charge < -0.3 is 9.80 Å². The van der Waals surface area contributed by atoms with Crippen LogP contribution in [0.4, 0.5) is 5.69 Å². The highest BCUT2D eigenvalue weighted by atomic mass is 32.1. The molecular weight excluding hydrogens is 380 g/mol. The van der Waals surface area contributed by atoms with Gasteiger partial charge >= 0.3 is 0 Å². The molecule has 5 nitrogen and oxygen atoms in total. The van der Waals surface area contributed by atoms with E-state index in [0.29, 0.717) is 5.69 Å². The molecule has 1 fully saturated rings. The number of piperazine rings is 1. The standard InChI is InChI=1S/C23H26N4OS/c1-15-5-4-6-19(16(15)2)26-10-12-27(13-11-26)23(28)21-18-7-8-20-17(9-14-29-20)22(18)25(3)24-21/h4-6,9,14H,7-8,10-13H2,1-3H3. The summed E-state index contributed by atoms with van der Waals surface area (Å²) in [5, 5.41) is 6.80. The molecule has 0 atom stereocenters. The van der Waals surface area contributed by atoms with Crippen LogP contribution in [0.5, 0.6) is 0 Å². The summed E-state index contributed by atoms with van der Waals surface area (Å²) in [7, 11) is 1.96. The summed E-state index contributed by atoms with van der Waals surface area (Å²) >= 11 is 1.80. The zero-order valence-electron chi connectivity index (χ0n) is 17.2. The molecule has 1 aliphatic carbocycles. The van der Waals surface area contributed by atoms with Crippen LogP contribution in [0.2, 0.25) is 0 Å². The Balaban J connectivity index is 1.36. The summed E-state index contributed by atoms with van der Waals surface area (Å²) < 4.78 is 1.90. The van der Waals surface area contributed by atoms with Crippen LogP contribution in [-0.2, 0) is 19.9 Å². The maximum Gasteiger partial charge on any atom is 0.274 e. The largest absolute Gasteiger partial charge is 0.368 e. The molecule has 0 spiro atoms. The van der Waals surface area contributed by atoms with Crippen LogP contribution in [0, 0.1) is 13.8 Å². The van der Waals surface area contributed by atoms with Crippen molar-refractivity contribution in [3.8, 4) is 11.3 Å². The fraction of sp³-hybridized carbons (Fsp3) is 0.391. The third kappa shape index (κ3) is 2.97. The molecule has 0 unspecified atom stereocenters. The molecule has 1 aromatic carbocycles. The fourth-order valence-electron chi connectivity index (χ4n) is 4.68. The van der Waals surface area contributed by atoms with Crippen molar-refractivity contribution in [2.75, 3.05) is 31.1 Å². The Bertz CT molecular complexity index is 1090. The van der Waals surface area contributed by atoms with Crippen LogP contribution in [0.1, 0.15) is 32.1 Å². The number of amides is 1. The Morgan fingerprint density at radius 3 is 2.66 bits per heavy atom. The van der Waals surface area contributed by atoms with Crippen molar-refractivity contribution in [1.82, 2.24) is 14.7 Å². The lowest BCUT2D eigenvalue weighted by molar-refractivity contribution is 0.0739. The number of hydrogen-bond acceptors (Lipinski definition) is 4. The lowest BCUT2D eigenvalue weighted by atomic mass is 9.94. The van der Waals surface area contributed by atoms with E-state index in [-0.39, 0.29) is 5.91 Å². The molecule has 3 aromatic rings. The molecule has 5 rings (SSSR count). The van der Waals surface area contributed by atoms with Crippen molar-refractivity contribution in [3.05, 3.63) is 56.9 Å². The first kappa shape index (κ1) is 18.4. The molecular formula is C23H26N4OS. The van der Waals surface area contributed by atoms with Gasteiger partial charge in [0.2, 0.25) is 0 Å². The van der Waals surface area contributed by atoms with Crippen molar-refractivity contribution in [2.45, 2.75) is 26.7 Å². The smallest absolute Gasteiger partial charge is 0.274 e. The van der Waals surface area contributed by atoms with E-state index in [9.17, 15) is 4.79 Å². The monoisotopic (exact) mass is 406 g/mol. The molecule has 0 radical (unpaired) electrons. The average molecular weight is 407 g/mol. The second-order valence-corrected chi connectivity index (χ2v) is 9.06. The Labute approximate surface area is 175 Å². The number of hydrogen-bond donors (Lipinski definition) is 0. The van der Waals surface area contributed by atoms with Gasteiger partial charge in [-0.1, -0.05) is 12.1 Å². The van der Waals surface area contributed by atoms with E-state index in [1.165, 1.54) is 27.3 Å². The van der Waals surface area contributed by atoms with Gasteiger partial charge in [-0.3, -0.25) is 9.48 Å². The van der Waals surface area contributed by atoms with Crippen molar-refractivity contribution in [3.63, 3.8) is 0 Å². The number of rotatable bonds is 2. The van der Waals surface area contributed by atoms with Gasteiger partial charge in [-0.25, -0.2) is 0 Å². The molecule has 1 amide bonds. The number of thiophene rings is 1. The summed E-state index contributed by atoms with van der Waals surface area (Å²) in [6.07, 6.45) is 1.91. The Hall–Kier alpha value is -2.60. The lowest BCUT2D eigenvalue weighted by Crippen LogP contribution is -2.49. The van der Waals surface area contributed by atoms with Crippen LogP contribution < -0.4 is 4.90 Å². The number of nitrogens with zero attached hydrogens (tertiary/aromatic N) is 4. The zero-order valence-corrected chi connectivity index (χ0v) is 18.1. The molecule has 150 valence electrons. The second-order valence-electron chi connectivity index (χ2n) is 8.06. The highest BCUT2D eigenvalue weighted by Gasteiger charge is 2.31. The van der Waals surface area contributed by atoms with Gasteiger partial charge in [-0.2, -0.15) is 5.10 Å². The van der Waals surface area contributed by atoms with Crippen LogP contribution in [-0.4, -0.2) is 46.8 Å². The van der Waals surface area contributed by atoms with E-state index in [1.54, 1.807) is 11.3 Å². The Kier molecular flexibility index (Phi) is 4.46. The minimum absolute atomic E-state index is 0.0844. The predicted octanol–water partition coefficient (Wildman–Crippen LogP) is 3.83. The predicted molar refractivity (Wildman–Crippen MR) is 118 cm³/mol. The maximum atomic E-state index is 13.3. The van der Waals surface area contributed by atoms with Crippen LogP contribution in [0.3, 0.4) is 0 Å². The van der Waals surface area contributed by atoms with Gasteiger partial charge in [0.05, 0.1) is 5.69 Å². The summed E-state index contributed by atoms with van der Waals surface area (Å²) in [4.78, 5) is 19.1. The van der Waals surface area contributed by atoms with Crippen LogP contribution in [0.25, 0.3) is 11.3 Å². The number of anilines is 1. The number of carbonyl (C=O) groups excluding carboxylic acids is 1. The first-order valence-electron chi connectivity index (χ1n) is 10.3. The van der Waals surface area contributed by atoms with Crippen molar-refractivity contribution in [1.29, 1.82) is 0 Å².